The van der Waals surface area contributed by atoms with Crippen molar-refractivity contribution in [2.24, 2.45) is 0 Å². The van der Waals surface area contributed by atoms with Gasteiger partial charge >= 0.3 is 0 Å². The molecule has 0 saturated carbocycles. The Labute approximate surface area is 199 Å². The number of sulfonamides is 1. The third-order valence-electron chi connectivity index (χ3n) is 5.85. The molecule has 1 amide bonds. The quantitative estimate of drug-likeness (QED) is 0.502. The third-order valence-corrected chi connectivity index (χ3v) is 8.23. The Bertz CT molecular complexity index is 1220. The molecule has 7 nitrogen and oxygen atoms in total. The lowest BCUT2D eigenvalue weighted by molar-refractivity contribution is 0.0933. The number of carbonyl (C=O) groups is 1. The summed E-state index contributed by atoms with van der Waals surface area (Å²) in [6.07, 6.45) is 5.01. The van der Waals surface area contributed by atoms with E-state index in [0.29, 0.717) is 25.3 Å². The summed E-state index contributed by atoms with van der Waals surface area (Å²) in [5, 5.41) is 3.07. The van der Waals surface area contributed by atoms with Crippen LogP contribution in [0.2, 0.25) is 5.02 Å². The van der Waals surface area contributed by atoms with Gasteiger partial charge in [-0.2, -0.15) is 4.31 Å². The lowest BCUT2D eigenvalue weighted by Crippen LogP contribution is -2.36. The maximum absolute atomic E-state index is 13.1. The SMILES string of the molecule is CCC(NC(=O)c1ccc(Cl)c(S(=O)(=O)N2CCCCC2)c1)c1ncc(-c2ccccc2)[nH]1. The summed E-state index contributed by atoms with van der Waals surface area (Å²) >= 11 is 6.24. The lowest BCUT2D eigenvalue weighted by atomic mass is 10.1. The van der Waals surface area contributed by atoms with E-state index in [-0.39, 0.29) is 27.4 Å². The number of H-pyrrole nitrogens is 1. The number of rotatable bonds is 7. The second kappa shape index (κ2) is 10.1. The number of aromatic nitrogens is 2. The molecule has 2 N–H and O–H groups in total. The number of imidazole rings is 1. The van der Waals surface area contributed by atoms with Gasteiger partial charge in [0.25, 0.3) is 5.91 Å². The van der Waals surface area contributed by atoms with Crippen molar-refractivity contribution in [3.8, 4) is 11.3 Å². The molecule has 0 bridgehead atoms. The van der Waals surface area contributed by atoms with Crippen LogP contribution in [0.5, 0.6) is 0 Å². The highest BCUT2D eigenvalue weighted by Crippen LogP contribution is 2.28. The molecule has 2 heterocycles. The van der Waals surface area contributed by atoms with Crippen molar-refractivity contribution >= 4 is 27.5 Å². The van der Waals surface area contributed by atoms with Crippen LogP contribution in [0.4, 0.5) is 0 Å². The van der Waals surface area contributed by atoms with Crippen molar-refractivity contribution in [2.75, 3.05) is 13.1 Å². The molecule has 1 aliphatic heterocycles. The zero-order valence-corrected chi connectivity index (χ0v) is 20.0. The van der Waals surface area contributed by atoms with Crippen molar-refractivity contribution in [3.05, 3.63) is 71.1 Å². The van der Waals surface area contributed by atoms with Crippen molar-refractivity contribution in [3.63, 3.8) is 0 Å². The van der Waals surface area contributed by atoms with Gasteiger partial charge in [-0.3, -0.25) is 4.79 Å². The van der Waals surface area contributed by atoms with Gasteiger partial charge in [-0.1, -0.05) is 55.3 Å². The topological polar surface area (TPSA) is 95.2 Å². The number of piperidine rings is 1. The fourth-order valence-corrected chi connectivity index (χ4v) is 5.99. The van der Waals surface area contributed by atoms with Crippen molar-refractivity contribution in [1.29, 1.82) is 0 Å². The molecule has 1 aromatic heterocycles. The van der Waals surface area contributed by atoms with Crippen molar-refractivity contribution in [2.45, 2.75) is 43.5 Å². The van der Waals surface area contributed by atoms with Gasteiger partial charge in [0.15, 0.2) is 0 Å². The van der Waals surface area contributed by atoms with Gasteiger partial charge in [-0.15, -0.1) is 0 Å². The maximum Gasteiger partial charge on any atom is 0.251 e. The number of amides is 1. The van der Waals surface area contributed by atoms with Gasteiger partial charge in [-0.25, -0.2) is 13.4 Å². The van der Waals surface area contributed by atoms with Crippen LogP contribution in [0.25, 0.3) is 11.3 Å². The second-order valence-electron chi connectivity index (χ2n) is 8.09. The van der Waals surface area contributed by atoms with E-state index in [1.54, 1.807) is 6.20 Å². The molecule has 174 valence electrons. The molecule has 1 unspecified atom stereocenters. The molecule has 1 aliphatic rings. The van der Waals surface area contributed by atoms with Gasteiger partial charge in [-0.05, 0) is 43.0 Å². The molecular weight excluding hydrogens is 460 g/mol. The van der Waals surface area contributed by atoms with E-state index in [2.05, 4.69) is 15.3 Å². The number of nitrogens with one attached hydrogen (secondary N) is 2. The first-order valence-electron chi connectivity index (χ1n) is 11.1. The van der Waals surface area contributed by atoms with Crippen LogP contribution in [-0.2, 0) is 10.0 Å². The summed E-state index contributed by atoms with van der Waals surface area (Å²) in [4.78, 5) is 20.7. The van der Waals surface area contributed by atoms with Crippen LogP contribution in [0, 0.1) is 0 Å². The average molecular weight is 487 g/mol. The van der Waals surface area contributed by atoms with Crippen LogP contribution >= 0.6 is 11.6 Å². The zero-order valence-electron chi connectivity index (χ0n) is 18.4. The standard InChI is InChI=1S/C24H27ClN4O3S/c1-2-20(23-26-16-21(27-23)17-9-5-3-6-10-17)28-24(30)18-11-12-19(25)22(15-18)33(31,32)29-13-7-4-8-14-29/h3,5-6,9-12,15-16,20H,2,4,7-8,13-14H2,1H3,(H,26,27)(H,28,30). The van der Waals surface area contributed by atoms with Crippen LogP contribution in [0.15, 0.2) is 59.6 Å². The van der Waals surface area contributed by atoms with E-state index in [4.69, 9.17) is 11.6 Å². The minimum Gasteiger partial charge on any atom is -0.342 e. The molecule has 1 saturated heterocycles. The van der Waals surface area contributed by atoms with Crippen LogP contribution < -0.4 is 5.32 Å². The Morgan fingerprint density at radius 1 is 1.15 bits per heavy atom. The molecule has 0 radical (unpaired) electrons. The fourth-order valence-electron chi connectivity index (χ4n) is 3.97. The van der Waals surface area contributed by atoms with Gasteiger partial charge in [0, 0.05) is 18.7 Å². The maximum atomic E-state index is 13.1. The molecular formula is C24H27ClN4O3S. The molecule has 9 heteroatoms. The minimum atomic E-state index is -3.76. The first-order valence-corrected chi connectivity index (χ1v) is 12.9. The van der Waals surface area contributed by atoms with E-state index in [1.165, 1.54) is 22.5 Å². The summed E-state index contributed by atoms with van der Waals surface area (Å²) in [6, 6.07) is 13.8. The first kappa shape index (κ1) is 23.5. The normalized spacial score (nSPS) is 15.8. The van der Waals surface area contributed by atoms with E-state index in [0.717, 1.165) is 30.5 Å². The Kier molecular flexibility index (Phi) is 7.17. The number of hydrogen-bond acceptors (Lipinski definition) is 4. The van der Waals surface area contributed by atoms with Crippen LogP contribution in [-0.4, -0.2) is 41.7 Å². The van der Waals surface area contributed by atoms with Crippen molar-refractivity contribution in [1.82, 2.24) is 19.6 Å². The van der Waals surface area contributed by atoms with Gasteiger partial charge in [0.2, 0.25) is 10.0 Å². The Morgan fingerprint density at radius 2 is 1.88 bits per heavy atom. The molecule has 0 spiro atoms. The van der Waals surface area contributed by atoms with E-state index in [9.17, 15) is 13.2 Å². The largest absolute Gasteiger partial charge is 0.342 e. The second-order valence-corrected chi connectivity index (χ2v) is 10.4. The van der Waals surface area contributed by atoms with E-state index < -0.39 is 10.0 Å². The number of carbonyl (C=O) groups excluding carboxylic acids is 1. The summed E-state index contributed by atoms with van der Waals surface area (Å²) in [7, 11) is -3.76. The highest BCUT2D eigenvalue weighted by atomic mass is 35.5. The monoisotopic (exact) mass is 486 g/mol. The Morgan fingerprint density at radius 3 is 2.58 bits per heavy atom. The van der Waals surface area contributed by atoms with Gasteiger partial charge in [0.1, 0.15) is 10.7 Å². The highest BCUT2D eigenvalue weighted by Gasteiger charge is 2.29. The summed E-state index contributed by atoms with van der Waals surface area (Å²) in [5.41, 5.74) is 2.10. The summed E-state index contributed by atoms with van der Waals surface area (Å²) in [6.45, 7) is 2.88. The number of hydrogen-bond donors (Lipinski definition) is 2. The smallest absolute Gasteiger partial charge is 0.251 e. The zero-order chi connectivity index (χ0) is 23.4. The number of benzene rings is 2. The lowest BCUT2D eigenvalue weighted by Gasteiger charge is -2.26. The minimum absolute atomic E-state index is 0.0314. The molecule has 0 aliphatic carbocycles. The molecule has 33 heavy (non-hydrogen) atoms. The van der Waals surface area contributed by atoms with Gasteiger partial charge < -0.3 is 10.3 Å². The Hall–Kier alpha value is -2.68. The third kappa shape index (κ3) is 5.13. The fraction of sp³-hybridized carbons (Fsp3) is 0.333. The molecule has 3 aromatic rings. The molecule has 2 aromatic carbocycles. The first-order chi connectivity index (χ1) is 15.9. The summed E-state index contributed by atoms with van der Waals surface area (Å²) in [5.74, 6) is 0.256. The summed E-state index contributed by atoms with van der Waals surface area (Å²) < 4.78 is 27.7. The van der Waals surface area contributed by atoms with Crippen LogP contribution in [0.3, 0.4) is 0 Å². The van der Waals surface area contributed by atoms with Crippen LogP contribution in [0.1, 0.15) is 54.8 Å². The number of halogens is 1. The van der Waals surface area contributed by atoms with Gasteiger partial charge in [0.05, 0.1) is 23.0 Å². The van der Waals surface area contributed by atoms with Crippen molar-refractivity contribution < 1.29 is 13.2 Å². The highest BCUT2D eigenvalue weighted by molar-refractivity contribution is 7.89. The van der Waals surface area contributed by atoms with E-state index >= 15 is 0 Å². The van der Waals surface area contributed by atoms with E-state index in [1.807, 2.05) is 37.3 Å². The predicted octanol–water partition coefficient (Wildman–Crippen LogP) is 4.79. The molecule has 1 fully saturated rings. The number of aromatic amines is 1. The Balaban J connectivity index is 1.54. The number of nitrogens with zero attached hydrogens (tertiary/aromatic N) is 2. The molecule has 4 rings (SSSR count). The average Bonchev–Trinajstić information content (AvgIpc) is 3.34. The molecule has 1 atom stereocenters. The predicted molar refractivity (Wildman–Crippen MR) is 129 cm³/mol.